The average molecular weight is 492 g/mol. The summed E-state index contributed by atoms with van der Waals surface area (Å²) in [5, 5.41) is 0.780. The summed E-state index contributed by atoms with van der Waals surface area (Å²) < 4.78 is 37.5. The van der Waals surface area contributed by atoms with Crippen LogP contribution in [0.25, 0.3) is 0 Å². The molecule has 4 aliphatic rings. The van der Waals surface area contributed by atoms with Gasteiger partial charge < -0.3 is 0 Å². The van der Waals surface area contributed by atoms with Gasteiger partial charge in [-0.2, -0.15) is 12.6 Å². The Kier molecular flexibility index (Phi) is 28.0. The van der Waals surface area contributed by atoms with E-state index in [1.807, 2.05) is 0 Å². The van der Waals surface area contributed by atoms with Crippen LogP contribution in [0.3, 0.4) is 0 Å². The Labute approximate surface area is 151 Å². The molecule has 0 aromatic heterocycles. The Morgan fingerprint density at radius 3 is 1.00 bits per heavy atom. The summed E-state index contributed by atoms with van der Waals surface area (Å²) in [4.78, 5) is 0. The minimum atomic E-state index is 0. The molecule has 4 fully saturated rings. The SMILES string of the molecule is SC1C2CC3CC(C2)CC1C3.[C-]#[O+].[C-]#[O+].[C-]#[O+].[C-]#[O+].[C-]#[O+].[W]. The molecule has 4 aliphatic carbocycles. The van der Waals surface area contributed by atoms with E-state index in [9.17, 15) is 0 Å². The van der Waals surface area contributed by atoms with Gasteiger partial charge in [0.2, 0.25) is 0 Å². The van der Waals surface area contributed by atoms with Crippen LogP contribution >= 0.6 is 12.6 Å². The van der Waals surface area contributed by atoms with Gasteiger partial charge in [0.15, 0.2) is 0 Å². The summed E-state index contributed by atoms with van der Waals surface area (Å²) in [7, 11) is 0. The first-order valence-corrected chi connectivity index (χ1v) is 6.54. The molecule has 0 N–H and O–H groups in total. The van der Waals surface area contributed by atoms with Crippen LogP contribution in [0.2, 0.25) is 0 Å². The number of rotatable bonds is 0. The van der Waals surface area contributed by atoms with Gasteiger partial charge in [-0.1, -0.05) is 0 Å². The number of thiol groups is 1. The maximum Gasteiger partial charge on any atom is 0 e. The van der Waals surface area contributed by atoms with Crippen LogP contribution in [-0.2, 0) is 44.3 Å². The third-order valence-electron chi connectivity index (χ3n) is 4.18. The van der Waals surface area contributed by atoms with Gasteiger partial charge in [0.25, 0.3) is 0 Å². The second-order valence-corrected chi connectivity index (χ2v) is 5.52. The van der Waals surface area contributed by atoms with Gasteiger partial charge in [-0.05, 0) is 55.8 Å². The molecule has 4 rings (SSSR count). The van der Waals surface area contributed by atoms with Crippen molar-refractivity contribution in [2.24, 2.45) is 23.7 Å². The van der Waals surface area contributed by atoms with Crippen molar-refractivity contribution in [1.29, 1.82) is 0 Å². The first-order valence-electron chi connectivity index (χ1n) is 6.03. The molecule has 0 amide bonds. The molecule has 4 bridgehead atoms. The molecule has 0 radical (unpaired) electrons. The fraction of sp³-hybridized carbons (Fsp3) is 0.667. The number of hydrogen-bond donors (Lipinski definition) is 1. The van der Waals surface area contributed by atoms with Gasteiger partial charge in [0.05, 0.1) is 0 Å². The third kappa shape index (κ3) is 9.01. The van der Waals surface area contributed by atoms with E-state index in [-0.39, 0.29) is 21.1 Å². The number of hydrogen-bond acceptors (Lipinski definition) is 1. The van der Waals surface area contributed by atoms with Crippen molar-refractivity contribution >= 4 is 12.6 Å². The standard InChI is InChI=1S/C10H16S.5CO.W/c11-10-8-2-6-1-7(4-8)5-9(10)3-6;5*1-2;/h6-11H,1-5H2;;;;;;. The van der Waals surface area contributed by atoms with Crippen LogP contribution in [-0.4, -0.2) is 5.25 Å². The summed E-state index contributed by atoms with van der Waals surface area (Å²) in [5.74, 6) is 4.24. The summed E-state index contributed by atoms with van der Waals surface area (Å²) in [6.07, 6.45) is 7.62. The minimum absolute atomic E-state index is 0. The minimum Gasteiger partial charge on any atom is 0 e. The topological polar surface area (TPSA) is 99.5 Å². The molecule has 0 saturated heterocycles. The van der Waals surface area contributed by atoms with Crippen LogP contribution in [0.1, 0.15) is 32.1 Å². The fourth-order valence-corrected chi connectivity index (χ4v) is 4.38. The van der Waals surface area contributed by atoms with Gasteiger partial charge >= 0.3 is 56.5 Å². The predicted octanol–water partition coefficient (Wildman–Crippen LogP) is 2.55. The van der Waals surface area contributed by atoms with Crippen LogP contribution in [0.15, 0.2) is 0 Å². The summed E-state index contributed by atoms with van der Waals surface area (Å²) in [5.41, 5.74) is 0. The van der Waals surface area contributed by atoms with Crippen molar-refractivity contribution in [3.8, 4) is 0 Å². The quantitative estimate of drug-likeness (QED) is 0.306. The maximum atomic E-state index is 7.50. The van der Waals surface area contributed by atoms with E-state index in [4.69, 9.17) is 35.9 Å². The molecule has 0 heterocycles. The van der Waals surface area contributed by atoms with E-state index >= 15 is 0 Å². The van der Waals surface area contributed by atoms with E-state index in [1.165, 1.54) is 25.7 Å². The first-order chi connectivity index (χ1) is 10.3. The van der Waals surface area contributed by atoms with Crippen LogP contribution in [0.5, 0.6) is 0 Å². The largest absolute Gasteiger partial charge is 0 e. The van der Waals surface area contributed by atoms with Crippen molar-refractivity contribution in [2.75, 3.05) is 0 Å². The second kappa shape index (κ2) is 20.7. The van der Waals surface area contributed by atoms with Gasteiger partial charge in [-0.25, -0.2) is 0 Å². The average Bonchev–Trinajstić information content (AvgIpc) is 2.61. The molecule has 22 heavy (non-hydrogen) atoms. The third-order valence-corrected chi connectivity index (χ3v) is 5.02. The Bertz CT molecular complexity index is 298. The molecule has 0 aromatic rings. The zero-order valence-electron chi connectivity index (χ0n) is 11.8. The molecule has 5 nitrogen and oxygen atoms in total. The monoisotopic (exact) mass is 492 g/mol. The zero-order chi connectivity index (χ0) is 17.4. The molecule has 0 spiro atoms. The molecule has 0 aromatic carbocycles. The van der Waals surface area contributed by atoms with E-state index in [2.05, 4.69) is 33.3 Å². The maximum absolute atomic E-state index is 7.50. The van der Waals surface area contributed by atoms with E-state index in [1.54, 1.807) is 6.42 Å². The van der Waals surface area contributed by atoms with Crippen molar-refractivity contribution in [3.05, 3.63) is 33.3 Å². The zero-order valence-corrected chi connectivity index (χ0v) is 15.6. The molecule has 118 valence electrons. The first kappa shape index (κ1) is 29.7. The van der Waals surface area contributed by atoms with Crippen molar-refractivity contribution in [1.82, 2.24) is 0 Å². The van der Waals surface area contributed by atoms with Crippen LogP contribution in [0.4, 0.5) is 0 Å². The normalized spacial score (nSPS) is 30.6. The molecule has 0 aliphatic heterocycles. The predicted molar refractivity (Wildman–Crippen MR) is 69.5 cm³/mol. The molecule has 0 unspecified atom stereocenters. The Morgan fingerprint density at radius 2 is 0.773 bits per heavy atom. The summed E-state index contributed by atoms with van der Waals surface area (Å²) >= 11 is 4.74. The Hall–Kier alpha value is -0.262. The smallest absolute Gasteiger partial charge is 0 e. The van der Waals surface area contributed by atoms with Gasteiger partial charge in [0, 0.05) is 26.3 Å². The molecular formula is C15H16O5SW. The Morgan fingerprint density at radius 1 is 0.545 bits per heavy atom. The summed E-state index contributed by atoms with van der Waals surface area (Å²) in [6.45, 7) is 22.5. The van der Waals surface area contributed by atoms with E-state index in [0.717, 1.165) is 28.9 Å². The molecule has 0 atom stereocenters. The second-order valence-electron chi connectivity index (χ2n) is 4.92. The fourth-order valence-electron chi connectivity index (χ4n) is 3.90. The Balaban J connectivity index is -0.000000129. The van der Waals surface area contributed by atoms with Gasteiger partial charge in [-0.15, -0.1) is 0 Å². The van der Waals surface area contributed by atoms with Crippen molar-refractivity contribution in [3.63, 3.8) is 0 Å². The van der Waals surface area contributed by atoms with Crippen molar-refractivity contribution in [2.45, 2.75) is 37.4 Å². The van der Waals surface area contributed by atoms with E-state index < -0.39 is 0 Å². The summed E-state index contributed by atoms with van der Waals surface area (Å²) in [6, 6.07) is 0. The molecule has 4 saturated carbocycles. The van der Waals surface area contributed by atoms with Crippen LogP contribution in [0, 0.1) is 56.9 Å². The van der Waals surface area contributed by atoms with Crippen molar-refractivity contribution < 1.29 is 44.3 Å². The van der Waals surface area contributed by atoms with Crippen LogP contribution < -0.4 is 0 Å². The van der Waals surface area contributed by atoms with E-state index in [0.29, 0.717) is 0 Å². The molecule has 7 heteroatoms. The van der Waals surface area contributed by atoms with Gasteiger partial charge in [-0.3, -0.25) is 0 Å². The van der Waals surface area contributed by atoms with Gasteiger partial charge in [0.1, 0.15) is 0 Å². The molecular weight excluding hydrogens is 476 g/mol.